The van der Waals surface area contributed by atoms with Crippen LogP contribution in [0.2, 0.25) is 0 Å². The van der Waals surface area contributed by atoms with Gasteiger partial charge in [0, 0.05) is 6.04 Å². The molecule has 0 unspecified atom stereocenters. The average molecular weight is 289 g/mol. The molecule has 2 aromatic rings. The Hall–Kier alpha value is -2.44. The molecule has 0 fully saturated rings. The molecule has 1 aromatic carbocycles. The molecule has 112 valence electrons. The third-order valence-corrected chi connectivity index (χ3v) is 3.06. The Morgan fingerprint density at radius 1 is 1.29 bits per heavy atom. The molecule has 2 rings (SSSR count). The lowest BCUT2D eigenvalue weighted by atomic mass is 10.2. The van der Waals surface area contributed by atoms with E-state index in [1.165, 1.54) is 4.68 Å². The van der Waals surface area contributed by atoms with Gasteiger partial charge in [-0.2, -0.15) is 9.36 Å². The lowest BCUT2D eigenvalue weighted by Crippen LogP contribution is -2.37. The Morgan fingerprint density at radius 2 is 2.00 bits per heavy atom. The summed E-state index contributed by atoms with van der Waals surface area (Å²) in [5, 5.41) is 10.4. The first-order valence-electron chi connectivity index (χ1n) is 6.99. The highest BCUT2D eigenvalue weighted by molar-refractivity contribution is 5.75. The highest BCUT2D eigenvalue weighted by Crippen LogP contribution is 2.00. The summed E-state index contributed by atoms with van der Waals surface area (Å²) in [5.41, 5.74) is 0.188. The van der Waals surface area contributed by atoms with Gasteiger partial charge in [-0.15, -0.1) is 0 Å². The van der Waals surface area contributed by atoms with Crippen LogP contribution in [0.1, 0.15) is 26.7 Å². The van der Waals surface area contributed by atoms with Gasteiger partial charge in [-0.3, -0.25) is 4.79 Å². The normalized spacial score (nSPS) is 12.1. The monoisotopic (exact) mass is 289 g/mol. The number of nitrogens with one attached hydrogen (secondary N) is 1. The van der Waals surface area contributed by atoms with E-state index in [2.05, 4.69) is 22.7 Å². The molecule has 0 aliphatic rings. The van der Waals surface area contributed by atoms with Crippen molar-refractivity contribution in [2.24, 2.45) is 0 Å². The quantitative estimate of drug-likeness (QED) is 0.850. The van der Waals surface area contributed by atoms with E-state index in [0.717, 1.165) is 17.5 Å². The van der Waals surface area contributed by atoms with Crippen LogP contribution in [0.3, 0.4) is 0 Å². The molecule has 0 aliphatic heterocycles. The molecule has 1 aromatic heterocycles. The number of benzene rings is 1. The predicted octanol–water partition coefficient (Wildman–Crippen LogP) is 0.734. The molecular weight excluding hydrogens is 270 g/mol. The number of tetrazole rings is 1. The number of carbonyl (C=O) groups is 1. The third kappa shape index (κ3) is 3.77. The van der Waals surface area contributed by atoms with Crippen LogP contribution >= 0.6 is 0 Å². The van der Waals surface area contributed by atoms with Crippen molar-refractivity contribution >= 4 is 5.91 Å². The van der Waals surface area contributed by atoms with Crippen LogP contribution in [0.25, 0.3) is 5.69 Å². The zero-order valence-electron chi connectivity index (χ0n) is 12.2. The van der Waals surface area contributed by atoms with Crippen molar-refractivity contribution in [3.8, 4) is 5.69 Å². The van der Waals surface area contributed by atoms with E-state index in [-0.39, 0.29) is 18.5 Å². The van der Waals surface area contributed by atoms with Gasteiger partial charge >= 0.3 is 5.69 Å². The van der Waals surface area contributed by atoms with Gasteiger partial charge < -0.3 is 5.32 Å². The van der Waals surface area contributed by atoms with Gasteiger partial charge in [0.2, 0.25) is 5.91 Å². The van der Waals surface area contributed by atoms with Crippen LogP contribution in [0.4, 0.5) is 0 Å². The highest BCUT2D eigenvalue weighted by atomic mass is 16.2. The van der Waals surface area contributed by atoms with E-state index in [0.29, 0.717) is 5.69 Å². The molecule has 21 heavy (non-hydrogen) atoms. The van der Waals surface area contributed by atoms with Gasteiger partial charge in [0.15, 0.2) is 0 Å². The fraction of sp³-hybridized carbons (Fsp3) is 0.429. The molecule has 0 aliphatic carbocycles. The van der Waals surface area contributed by atoms with Crippen LogP contribution in [0, 0.1) is 0 Å². The molecule has 1 amide bonds. The molecule has 1 heterocycles. The van der Waals surface area contributed by atoms with Crippen LogP contribution in [-0.2, 0) is 11.3 Å². The van der Waals surface area contributed by atoms with Crippen molar-refractivity contribution in [1.82, 2.24) is 25.1 Å². The second-order valence-corrected chi connectivity index (χ2v) is 4.92. The Balaban J connectivity index is 2.08. The van der Waals surface area contributed by atoms with Crippen LogP contribution in [0.5, 0.6) is 0 Å². The first-order valence-corrected chi connectivity index (χ1v) is 6.99. The van der Waals surface area contributed by atoms with Crippen molar-refractivity contribution in [2.75, 3.05) is 0 Å². The fourth-order valence-corrected chi connectivity index (χ4v) is 2.07. The zero-order chi connectivity index (χ0) is 15.2. The summed E-state index contributed by atoms with van der Waals surface area (Å²) in [7, 11) is 0. The molecule has 1 atom stereocenters. The molecule has 0 saturated carbocycles. The Kier molecular flexibility index (Phi) is 4.86. The second-order valence-electron chi connectivity index (χ2n) is 4.92. The minimum Gasteiger partial charge on any atom is -0.352 e. The van der Waals surface area contributed by atoms with Gasteiger partial charge in [0.05, 0.1) is 5.69 Å². The summed E-state index contributed by atoms with van der Waals surface area (Å²) in [6.07, 6.45) is 1.89. The molecule has 1 N–H and O–H groups in total. The van der Waals surface area contributed by atoms with Gasteiger partial charge in [0.25, 0.3) is 0 Å². The first-order chi connectivity index (χ1) is 10.1. The van der Waals surface area contributed by atoms with Crippen LogP contribution in [0.15, 0.2) is 35.1 Å². The van der Waals surface area contributed by atoms with Crippen molar-refractivity contribution in [1.29, 1.82) is 0 Å². The van der Waals surface area contributed by atoms with E-state index in [9.17, 15) is 9.59 Å². The number of aromatic nitrogens is 4. The maximum Gasteiger partial charge on any atom is 0.368 e. The topological polar surface area (TPSA) is 81.8 Å². The zero-order valence-corrected chi connectivity index (χ0v) is 12.2. The van der Waals surface area contributed by atoms with Gasteiger partial charge in [-0.25, -0.2) is 4.79 Å². The van der Waals surface area contributed by atoms with E-state index < -0.39 is 5.69 Å². The Labute approximate surface area is 122 Å². The number of rotatable bonds is 6. The summed E-state index contributed by atoms with van der Waals surface area (Å²) in [4.78, 5) is 24.0. The second kappa shape index (κ2) is 6.83. The number of carbonyl (C=O) groups excluding carboxylic acids is 1. The van der Waals surface area contributed by atoms with Crippen LogP contribution in [-0.4, -0.2) is 31.7 Å². The third-order valence-electron chi connectivity index (χ3n) is 3.06. The largest absolute Gasteiger partial charge is 0.368 e. The lowest BCUT2D eigenvalue weighted by Gasteiger charge is -2.11. The molecule has 0 radical (unpaired) electrons. The van der Waals surface area contributed by atoms with Gasteiger partial charge in [-0.1, -0.05) is 31.5 Å². The predicted molar refractivity (Wildman–Crippen MR) is 78.1 cm³/mol. The number of nitrogens with zero attached hydrogens (tertiary/aromatic N) is 4. The Bertz CT molecular complexity index is 647. The van der Waals surface area contributed by atoms with E-state index in [4.69, 9.17) is 0 Å². The minimum atomic E-state index is -0.431. The summed E-state index contributed by atoms with van der Waals surface area (Å²) in [6, 6.07) is 9.05. The number of hydrogen-bond donors (Lipinski definition) is 1. The summed E-state index contributed by atoms with van der Waals surface area (Å²) in [6.45, 7) is 3.86. The van der Waals surface area contributed by atoms with Gasteiger partial charge in [-0.05, 0) is 35.9 Å². The lowest BCUT2D eigenvalue weighted by molar-refractivity contribution is -0.122. The van der Waals surface area contributed by atoms with Crippen molar-refractivity contribution in [3.05, 3.63) is 40.8 Å². The van der Waals surface area contributed by atoms with Crippen molar-refractivity contribution in [2.45, 2.75) is 39.3 Å². The SMILES string of the molecule is CCC[C@@H](C)NC(=O)Cn1nnn(-c2ccccc2)c1=O. The smallest absolute Gasteiger partial charge is 0.352 e. The summed E-state index contributed by atoms with van der Waals surface area (Å²) in [5.74, 6) is -0.238. The molecule has 7 nitrogen and oxygen atoms in total. The van der Waals surface area contributed by atoms with E-state index in [1.54, 1.807) is 24.3 Å². The number of para-hydroxylation sites is 1. The maximum atomic E-state index is 12.1. The summed E-state index contributed by atoms with van der Waals surface area (Å²) >= 11 is 0. The highest BCUT2D eigenvalue weighted by Gasteiger charge is 2.13. The Morgan fingerprint density at radius 3 is 2.67 bits per heavy atom. The molecular formula is C14H19N5O2. The van der Waals surface area contributed by atoms with Crippen molar-refractivity contribution < 1.29 is 4.79 Å². The minimum absolute atomic E-state index is 0.0855. The molecule has 0 bridgehead atoms. The number of hydrogen-bond acceptors (Lipinski definition) is 4. The van der Waals surface area contributed by atoms with Gasteiger partial charge in [0.1, 0.15) is 6.54 Å². The standard InChI is InChI=1S/C14H19N5O2/c1-3-7-11(2)15-13(20)10-18-14(21)19(17-16-18)12-8-5-4-6-9-12/h4-6,8-9,11H,3,7,10H2,1-2H3,(H,15,20)/t11-/m1/s1. The van der Waals surface area contributed by atoms with E-state index >= 15 is 0 Å². The van der Waals surface area contributed by atoms with Crippen molar-refractivity contribution in [3.63, 3.8) is 0 Å². The number of amides is 1. The fourth-order valence-electron chi connectivity index (χ4n) is 2.07. The average Bonchev–Trinajstić information content (AvgIpc) is 2.81. The van der Waals surface area contributed by atoms with E-state index in [1.807, 2.05) is 13.0 Å². The first kappa shape index (κ1) is 15.0. The summed E-state index contributed by atoms with van der Waals surface area (Å²) < 4.78 is 2.23. The van der Waals surface area contributed by atoms with Crippen LogP contribution < -0.4 is 11.0 Å². The maximum absolute atomic E-state index is 12.1. The molecule has 0 saturated heterocycles. The molecule has 7 heteroatoms. The molecule has 0 spiro atoms.